The second-order valence-electron chi connectivity index (χ2n) is 13.5. The fraction of sp³-hybridized carbons (Fsp3) is 0.417. The first kappa shape index (κ1) is 32.0. The number of fused-ring (bicyclic) bond motifs is 3. The highest BCUT2D eigenvalue weighted by atomic mass is 19.1. The van der Waals surface area contributed by atoms with Gasteiger partial charge >= 0.3 is 6.01 Å². The van der Waals surface area contributed by atoms with Gasteiger partial charge in [-0.3, -0.25) is 9.89 Å². The lowest BCUT2D eigenvalue weighted by molar-refractivity contribution is 0.0447. The molecule has 1 aromatic heterocycles. The molecule has 4 N–H and O–H groups in total. The Morgan fingerprint density at radius 1 is 1.19 bits per heavy atom. The number of halogens is 3. The van der Waals surface area contributed by atoms with Crippen molar-refractivity contribution >= 4 is 39.4 Å². The number of hydrogen-bond acceptors (Lipinski definition) is 9. The van der Waals surface area contributed by atoms with Crippen molar-refractivity contribution in [1.29, 1.82) is 0 Å². The minimum Gasteiger partial charge on any atom is -0.508 e. The van der Waals surface area contributed by atoms with Crippen LogP contribution in [0.1, 0.15) is 50.2 Å². The molecule has 0 aliphatic carbocycles. The van der Waals surface area contributed by atoms with Gasteiger partial charge in [0.1, 0.15) is 35.7 Å². The summed E-state index contributed by atoms with van der Waals surface area (Å²) in [6, 6.07) is 5.22. The number of rotatable bonds is 6. The monoisotopic (exact) mass is 658 g/mol. The van der Waals surface area contributed by atoms with Gasteiger partial charge in [0, 0.05) is 55.8 Å². The summed E-state index contributed by atoms with van der Waals surface area (Å²) in [5.41, 5.74) is 5.14. The van der Waals surface area contributed by atoms with E-state index in [1.165, 1.54) is 30.5 Å². The second kappa shape index (κ2) is 11.8. The van der Waals surface area contributed by atoms with Crippen molar-refractivity contribution in [3.8, 4) is 35.2 Å². The van der Waals surface area contributed by atoms with Crippen molar-refractivity contribution < 1.29 is 28.1 Å². The molecule has 9 nitrogen and oxygen atoms in total. The summed E-state index contributed by atoms with van der Waals surface area (Å²) < 4.78 is 53.1. The van der Waals surface area contributed by atoms with E-state index in [1.807, 2.05) is 4.90 Å². The number of aliphatic hydroxyl groups is 1. The predicted molar refractivity (Wildman–Crippen MR) is 181 cm³/mol. The van der Waals surface area contributed by atoms with Crippen LogP contribution < -0.4 is 15.4 Å². The first-order chi connectivity index (χ1) is 22.9. The molecule has 48 heavy (non-hydrogen) atoms. The number of hydrogen-bond donors (Lipinski definition) is 3. The van der Waals surface area contributed by atoms with Gasteiger partial charge < -0.3 is 25.6 Å². The fourth-order valence-electron chi connectivity index (χ4n) is 7.97. The molecule has 7 rings (SSSR count). The molecule has 0 bridgehead atoms. The number of nitrogen functional groups attached to an aromatic ring is 1. The van der Waals surface area contributed by atoms with Crippen molar-refractivity contribution in [3.63, 3.8) is 0 Å². The van der Waals surface area contributed by atoms with Crippen LogP contribution in [-0.4, -0.2) is 88.4 Å². The lowest BCUT2D eigenvalue weighted by atomic mass is 9.89. The Kier molecular flexibility index (Phi) is 7.88. The Morgan fingerprint density at radius 3 is 2.73 bits per heavy atom. The summed E-state index contributed by atoms with van der Waals surface area (Å²) in [5, 5.41) is 22.6. The number of phenolic OH excluding ortho intramolecular Hbond substituents is 1. The van der Waals surface area contributed by atoms with Crippen LogP contribution in [0.25, 0.3) is 32.8 Å². The topological polar surface area (TPSA) is 120 Å². The van der Waals surface area contributed by atoms with E-state index >= 15 is 8.78 Å². The number of piperidine rings is 1. The summed E-state index contributed by atoms with van der Waals surface area (Å²) in [4.78, 5) is 17.5. The Balaban J connectivity index is 1.49. The highest BCUT2D eigenvalue weighted by Crippen LogP contribution is 2.46. The first-order valence-electron chi connectivity index (χ1n) is 16.1. The predicted octanol–water partition coefficient (Wildman–Crippen LogP) is 5.35. The summed E-state index contributed by atoms with van der Waals surface area (Å²) >= 11 is 0. The number of nitrogens with zero attached hydrogens (tertiary/aromatic N) is 5. The van der Waals surface area contributed by atoms with E-state index < -0.39 is 28.9 Å². The van der Waals surface area contributed by atoms with Crippen molar-refractivity contribution in [2.24, 2.45) is 4.99 Å². The van der Waals surface area contributed by atoms with E-state index in [2.05, 4.69) is 20.8 Å². The minimum absolute atomic E-state index is 0.0487. The normalized spacial score (nSPS) is 24.5. The molecule has 0 unspecified atom stereocenters. The minimum atomic E-state index is -1.04. The van der Waals surface area contributed by atoms with E-state index in [0.29, 0.717) is 49.1 Å². The molecule has 3 atom stereocenters. The molecule has 4 heterocycles. The third-order valence-electron chi connectivity index (χ3n) is 10.1. The molecule has 0 radical (unpaired) electrons. The summed E-state index contributed by atoms with van der Waals surface area (Å²) in [7, 11) is 1.54. The molecule has 0 saturated carbocycles. The molecular weight excluding hydrogens is 621 g/mol. The molecule has 0 amide bonds. The summed E-state index contributed by atoms with van der Waals surface area (Å²) in [5.74, 6) is 0.907. The van der Waals surface area contributed by atoms with Gasteiger partial charge in [-0.1, -0.05) is 12.0 Å². The Morgan fingerprint density at radius 2 is 1.98 bits per heavy atom. The average Bonchev–Trinajstić information content (AvgIpc) is 3.57. The van der Waals surface area contributed by atoms with Gasteiger partial charge in [0.25, 0.3) is 0 Å². The van der Waals surface area contributed by atoms with E-state index in [4.69, 9.17) is 21.9 Å². The lowest BCUT2D eigenvalue weighted by Crippen LogP contribution is -2.46. The number of β-amino-alcohol motifs (C(OH)–C–C–N with tert-alkyl or cyclic N) is 1. The molecule has 0 spiro atoms. The maximum atomic E-state index is 17.3. The van der Waals surface area contributed by atoms with Crippen LogP contribution in [0.2, 0.25) is 0 Å². The van der Waals surface area contributed by atoms with Gasteiger partial charge in [-0.05, 0) is 68.3 Å². The number of aliphatic imine (C=N–C) groups is 1. The van der Waals surface area contributed by atoms with Gasteiger partial charge in [-0.2, -0.15) is 9.97 Å². The van der Waals surface area contributed by atoms with E-state index in [-0.39, 0.29) is 63.6 Å². The van der Waals surface area contributed by atoms with Crippen LogP contribution in [0.3, 0.4) is 0 Å². The van der Waals surface area contributed by atoms with Gasteiger partial charge in [-0.15, -0.1) is 6.42 Å². The van der Waals surface area contributed by atoms with Gasteiger partial charge in [-0.25, -0.2) is 13.2 Å². The standard InChI is InChI=1S/C36H37F3N6O3/c1-4-23-26(38)8-7-20-13-22(46)14-24(27(20)23)28-30(39)32-29(25(16-41-3)31(28)40)33(44-11-5-9-35(2,47)18-44)43-34(42-32)48-19-36-10-6-12-45(36)17-21(37)15-36/h1,7-8,13-14,16,21,46-47H,5-6,9-12,15,17-19,40H2,2-3H3/t21-,35-,36+/m1/s1. The molecule has 4 aromatic rings. The Bertz CT molecular complexity index is 2030. The quantitative estimate of drug-likeness (QED) is 0.144. The van der Waals surface area contributed by atoms with Gasteiger partial charge in [0.15, 0.2) is 5.82 Å². The van der Waals surface area contributed by atoms with Crippen LogP contribution in [-0.2, 0) is 0 Å². The van der Waals surface area contributed by atoms with Gasteiger partial charge in [0.2, 0.25) is 0 Å². The van der Waals surface area contributed by atoms with Crippen LogP contribution in [0.15, 0.2) is 29.3 Å². The number of benzene rings is 3. The third-order valence-corrected chi connectivity index (χ3v) is 10.1. The van der Waals surface area contributed by atoms with E-state index in [0.717, 1.165) is 19.4 Å². The number of aromatic hydroxyl groups is 1. The molecule has 3 fully saturated rings. The molecule has 3 aromatic carbocycles. The van der Waals surface area contributed by atoms with Crippen LogP contribution >= 0.6 is 0 Å². The number of ether oxygens (including phenoxy) is 1. The Labute approximate surface area is 276 Å². The number of anilines is 2. The van der Waals surface area contributed by atoms with Crippen LogP contribution in [0.4, 0.5) is 24.7 Å². The summed E-state index contributed by atoms with van der Waals surface area (Å²) in [6.45, 7) is 3.67. The lowest BCUT2D eigenvalue weighted by Gasteiger charge is -2.38. The zero-order chi connectivity index (χ0) is 34.0. The smallest absolute Gasteiger partial charge is 0.319 e. The van der Waals surface area contributed by atoms with Gasteiger partial charge in [0.05, 0.1) is 27.8 Å². The average molecular weight is 659 g/mol. The zero-order valence-corrected chi connectivity index (χ0v) is 26.9. The van der Waals surface area contributed by atoms with Crippen LogP contribution in [0.5, 0.6) is 11.8 Å². The molecule has 3 saturated heterocycles. The highest BCUT2D eigenvalue weighted by Gasteiger charge is 2.49. The maximum absolute atomic E-state index is 17.3. The second-order valence-corrected chi connectivity index (χ2v) is 13.5. The molecule has 250 valence electrons. The largest absolute Gasteiger partial charge is 0.508 e. The highest BCUT2D eigenvalue weighted by molar-refractivity contribution is 6.15. The zero-order valence-electron chi connectivity index (χ0n) is 26.9. The maximum Gasteiger partial charge on any atom is 0.319 e. The van der Waals surface area contributed by atoms with Crippen molar-refractivity contribution in [1.82, 2.24) is 14.9 Å². The number of nitrogens with two attached hydrogens (primary N) is 1. The number of alkyl halides is 1. The summed E-state index contributed by atoms with van der Waals surface area (Å²) in [6.07, 6.45) is 9.45. The number of aromatic nitrogens is 2. The number of terminal acetylenes is 1. The van der Waals surface area contributed by atoms with E-state index in [9.17, 15) is 14.6 Å². The van der Waals surface area contributed by atoms with Crippen LogP contribution in [0, 0.1) is 24.0 Å². The number of phenols is 1. The third kappa shape index (κ3) is 5.25. The van der Waals surface area contributed by atoms with Crippen molar-refractivity contribution in [3.05, 3.63) is 47.0 Å². The molecule has 3 aliphatic heterocycles. The first-order valence-corrected chi connectivity index (χ1v) is 16.1. The van der Waals surface area contributed by atoms with Crippen molar-refractivity contribution in [2.75, 3.05) is 50.5 Å². The molecule has 12 heteroatoms. The SMILES string of the molecule is C#Cc1c(F)ccc2cc(O)cc(-c3c(N)c(C=NC)c4c(N5CCC[C@@](C)(O)C5)nc(OC[C@@]56CCCN5C[C@H](F)C6)nc4c3F)c12. The fourth-order valence-corrected chi connectivity index (χ4v) is 7.97. The molecular formula is C36H37F3N6O3. The van der Waals surface area contributed by atoms with Crippen molar-refractivity contribution in [2.45, 2.75) is 56.3 Å². The van der Waals surface area contributed by atoms with E-state index in [1.54, 1.807) is 14.0 Å². The molecule has 3 aliphatic rings. The Hall–Kier alpha value is -4.60.